The highest BCUT2D eigenvalue weighted by Gasteiger charge is 2.37. The van der Waals surface area contributed by atoms with E-state index in [1.165, 1.54) is 6.07 Å². The highest BCUT2D eigenvalue weighted by Crippen LogP contribution is 2.37. The zero-order valence-electron chi connectivity index (χ0n) is 13.4. The van der Waals surface area contributed by atoms with Crippen LogP contribution in [0.1, 0.15) is 27.8 Å². The summed E-state index contributed by atoms with van der Waals surface area (Å²) in [6.07, 6.45) is -14.8. The number of nitriles is 1. The summed E-state index contributed by atoms with van der Waals surface area (Å²) in [5, 5.41) is 8.77. The molecule has 0 aromatic heterocycles. The Morgan fingerprint density at radius 1 is 0.750 bits per heavy atom. The smallest absolute Gasteiger partial charge is 0.416 e. The molecule has 0 N–H and O–H groups in total. The van der Waals surface area contributed by atoms with Crippen molar-refractivity contribution in [3.63, 3.8) is 0 Å². The van der Waals surface area contributed by atoms with Crippen molar-refractivity contribution in [1.29, 1.82) is 5.26 Å². The molecule has 0 heterocycles. The minimum absolute atomic E-state index is 0.210. The summed E-state index contributed by atoms with van der Waals surface area (Å²) in [6, 6.07) is 3.86. The van der Waals surface area contributed by atoms with E-state index in [4.69, 9.17) is 10.00 Å². The van der Waals surface area contributed by atoms with Crippen LogP contribution in [0.15, 0.2) is 36.4 Å². The second-order valence-electron chi connectivity index (χ2n) is 5.51. The van der Waals surface area contributed by atoms with Crippen LogP contribution in [0.4, 0.5) is 39.5 Å². The topological polar surface area (TPSA) is 33.0 Å². The average molecular weight is 413 g/mol. The summed E-state index contributed by atoms with van der Waals surface area (Å²) in [4.78, 5) is 0. The normalized spacial score (nSPS) is 12.6. The van der Waals surface area contributed by atoms with Gasteiger partial charge in [-0.3, -0.25) is 0 Å². The molecular formula is C17H8F9NO. The molecule has 2 rings (SSSR count). The number of hydrogen-bond acceptors (Lipinski definition) is 2. The van der Waals surface area contributed by atoms with E-state index in [1.54, 1.807) is 0 Å². The predicted molar refractivity (Wildman–Crippen MR) is 76.9 cm³/mol. The van der Waals surface area contributed by atoms with E-state index < -0.39 is 58.7 Å². The van der Waals surface area contributed by atoms with Crippen molar-refractivity contribution in [2.75, 3.05) is 0 Å². The average Bonchev–Trinajstić information content (AvgIpc) is 2.57. The molecule has 0 saturated carbocycles. The van der Waals surface area contributed by atoms with Gasteiger partial charge in [0.25, 0.3) is 0 Å². The van der Waals surface area contributed by atoms with Gasteiger partial charge in [-0.15, -0.1) is 0 Å². The van der Waals surface area contributed by atoms with Crippen molar-refractivity contribution in [3.05, 3.63) is 64.2 Å². The van der Waals surface area contributed by atoms with Crippen LogP contribution < -0.4 is 4.74 Å². The van der Waals surface area contributed by atoms with Crippen molar-refractivity contribution in [3.8, 4) is 11.8 Å². The van der Waals surface area contributed by atoms with Gasteiger partial charge >= 0.3 is 18.5 Å². The molecule has 0 amide bonds. The third-order valence-corrected chi connectivity index (χ3v) is 3.50. The van der Waals surface area contributed by atoms with Crippen LogP contribution in [0, 0.1) is 11.3 Å². The predicted octanol–water partition coefficient (Wildman–Crippen LogP) is 6.19. The van der Waals surface area contributed by atoms with Crippen molar-refractivity contribution < 1.29 is 44.3 Å². The second kappa shape index (κ2) is 7.26. The summed E-state index contributed by atoms with van der Waals surface area (Å²) in [7, 11) is 0. The summed E-state index contributed by atoms with van der Waals surface area (Å²) in [5.74, 6) is -0.614. The molecule has 150 valence electrons. The number of benzene rings is 2. The van der Waals surface area contributed by atoms with Crippen LogP contribution >= 0.6 is 0 Å². The molecule has 28 heavy (non-hydrogen) atoms. The van der Waals surface area contributed by atoms with Crippen LogP contribution in [-0.4, -0.2) is 0 Å². The number of hydrogen-bond donors (Lipinski definition) is 0. The number of nitrogens with zero attached hydrogens (tertiary/aromatic N) is 1. The Morgan fingerprint density at radius 2 is 1.36 bits per heavy atom. The third kappa shape index (κ3) is 5.09. The molecule has 0 aliphatic heterocycles. The van der Waals surface area contributed by atoms with E-state index >= 15 is 0 Å². The minimum atomic E-state index is -5.01. The Hall–Kier alpha value is -2.90. The molecule has 0 aliphatic carbocycles. The third-order valence-electron chi connectivity index (χ3n) is 3.50. The fraction of sp³-hybridized carbons (Fsp3) is 0.235. The highest BCUT2D eigenvalue weighted by atomic mass is 19.4. The van der Waals surface area contributed by atoms with E-state index in [0.717, 1.165) is 6.07 Å². The SMILES string of the molecule is N#Cc1cc(OCc2cc(C(F)(F)F)ccc2C(F)(F)F)cc(C(F)(F)F)c1. The van der Waals surface area contributed by atoms with E-state index in [-0.39, 0.29) is 18.2 Å². The molecule has 0 atom stereocenters. The largest absolute Gasteiger partial charge is 0.489 e. The molecular weight excluding hydrogens is 405 g/mol. The summed E-state index contributed by atoms with van der Waals surface area (Å²) in [6.45, 7) is -1.09. The number of ether oxygens (including phenoxy) is 1. The van der Waals surface area contributed by atoms with E-state index in [9.17, 15) is 39.5 Å². The van der Waals surface area contributed by atoms with Crippen LogP contribution in [0.5, 0.6) is 5.75 Å². The monoisotopic (exact) mass is 413 g/mol. The molecule has 0 bridgehead atoms. The Bertz CT molecular complexity index is 905. The molecule has 0 aliphatic rings. The maximum Gasteiger partial charge on any atom is 0.416 e. The molecule has 0 fully saturated rings. The van der Waals surface area contributed by atoms with Gasteiger partial charge in [-0.25, -0.2) is 0 Å². The Kier molecular flexibility index (Phi) is 5.55. The molecule has 2 aromatic carbocycles. The van der Waals surface area contributed by atoms with Crippen molar-refractivity contribution in [2.24, 2.45) is 0 Å². The molecule has 11 heteroatoms. The van der Waals surface area contributed by atoms with Gasteiger partial charge in [0.15, 0.2) is 0 Å². The lowest BCUT2D eigenvalue weighted by Gasteiger charge is -2.17. The summed E-state index contributed by atoms with van der Waals surface area (Å²) >= 11 is 0. The summed E-state index contributed by atoms with van der Waals surface area (Å²) in [5.41, 5.74) is -5.49. The van der Waals surface area contributed by atoms with Gasteiger partial charge in [0.2, 0.25) is 0 Å². The number of alkyl halides is 9. The van der Waals surface area contributed by atoms with Gasteiger partial charge in [0.05, 0.1) is 28.3 Å². The number of rotatable bonds is 3. The zero-order valence-corrected chi connectivity index (χ0v) is 13.4. The molecule has 2 nitrogen and oxygen atoms in total. The Labute approximate surface area is 151 Å². The first-order chi connectivity index (χ1) is 12.7. The van der Waals surface area contributed by atoms with Gasteiger partial charge in [0, 0.05) is 5.56 Å². The first-order valence-electron chi connectivity index (χ1n) is 7.24. The fourth-order valence-electron chi connectivity index (χ4n) is 2.24. The van der Waals surface area contributed by atoms with Crippen molar-refractivity contribution in [2.45, 2.75) is 25.1 Å². The lowest BCUT2D eigenvalue weighted by molar-refractivity contribution is -0.142. The Balaban J connectivity index is 2.42. The standard InChI is InChI=1S/C17H8F9NO/c18-15(19,20)11-1-2-14(17(24,25)26)10(5-11)8-28-13-4-9(7-27)3-12(6-13)16(21,22)23/h1-6H,8H2. The minimum Gasteiger partial charge on any atom is -0.489 e. The van der Waals surface area contributed by atoms with Gasteiger partial charge < -0.3 is 4.74 Å². The van der Waals surface area contributed by atoms with E-state index in [2.05, 4.69) is 0 Å². The van der Waals surface area contributed by atoms with Crippen LogP contribution in [0.3, 0.4) is 0 Å². The Morgan fingerprint density at radius 3 is 1.86 bits per heavy atom. The molecule has 0 radical (unpaired) electrons. The van der Waals surface area contributed by atoms with Crippen molar-refractivity contribution in [1.82, 2.24) is 0 Å². The first kappa shape index (κ1) is 21.4. The summed E-state index contributed by atoms with van der Waals surface area (Å²) < 4.78 is 121. The van der Waals surface area contributed by atoms with Crippen LogP contribution in [-0.2, 0) is 25.1 Å². The highest BCUT2D eigenvalue weighted by molar-refractivity contribution is 5.42. The van der Waals surface area contributed by atoms with Gasteiger partial charge in [0.1, 0.15) is 12.4 Å². The van der Waals surface area contributed by atoms with Gasteiger partial charge in [-0.05, 0) is 36.4 Å². The maximum atomic E-state index is 13.0. The molecule has 0 unspecified atom stereocenters. The first-order valence-corrected chi connectivity index (χ1v) is 7.24. The lowest BCUT2D eigenvalue weighted by Crippen LogP contribution is -2.14. The van der Waals surface area contributed by atoms with Gasteiger partial charge in [-0.2, -0.15) is 44.8 Å². The molecule has 2 aromatic rings. The van der Waals surface area contributed by atoms with E-state index in [1.807, 2.05) is 0 Å². The van der Waals surface area contributed by atoms with Crippen LogP contribution in [0.2, 0.25) is 0 Å². The lowest BCUT2D eigenvalue weighted by atomic mass is 10.0. The molecule has 0 spiro atoms. The quantitative estimate of drug-likeness (QED) is 0.562. The number of halogens is 9. The second-order valence-corrected chi connectivity index (χ2v) is 5.51. The fourth-order valence-corrected chi connectivity index (χ4v) is 2.24. The maximum absolute atomic E-state index is 13.0. The van der Waals surface area contributed by atoms with Gasteiger partial charge in [-0.1, -0.05) is 0 Å². The van der Waals surface area contributed by atoms with Crippen LogP contribution in [0.25, 0.3) is 0 Å². The molecule has 0 saturated heterocycles. The zero-order chi connectivity index (χ0) is 21.3. The van der Waals surface area contributed by atoms with Crippen molar-refractivity contribution >= 4 is 0 Å². The van der Waals surface area contributed by atoms with E-state index in [0.29, 0.717) is 12.1 Å².